The lowest BCUT2D eigenvalue weighted by Gasteiger charge is -2.24. The Hall–Kier alpha value is -4.52. The minimum Gasteiger partial charge on any atom is -0.351 e. The maximum Gasteiger partial charge on any atom is 0.272 e. The van der Waals surface area contributed by atoms with Gasteiger partial charge in [0, 0.05) is 22.0 Å². The van der Waals surface area contributed by atoms with E-state index < -0.39 is 18.0 Å². The van der Waals surface area contributed by atoms with Crippen molar-refractivity contribution in [2.24, 2.45) is 4.99 Å². The highest BCUT2D eigenvalue weighted by Gasteiger charge is 2.33. The molecule has 2 N–H and O–H groups in total. The molecule has 1 aliphatic heterocycles. The molecule has 168 valence electrons. The number of carbonyl (C=O) groups is 3. The summed E-state index contributed by atoms with van der Waals surface area (Å²) in [6.45, 7) is 1.31. The average Bonchev–Trinajstić information content (AvgIpc) is 3.25. The van der Waals surface area contributed by atoms with Gasteiger partial charge < -0.3 is 15.2 Å². The standard InChI is InChI=1S/C27H22N4O3/c1-17(32)16-31-23-14-8-6-12-20(23)24(18-9-3-2-4-10-18)29-25(27(31)34)30-26(33)22-15-19-11-5-7-13-21(19)28-22/h2-15,25,28H,16H2,1H3,(H,30,33). The van der Waals surface area contributed by atoms with Gasteiger partial charge >= 0.3 is 0 Å². The van der Waals surface area contributed by atoms with Gasteiger partial charge in [0.1, 0.15) is 11.5 Å². The number of fused-ring (bicyclic) bond motifs is 2. The fourth-order valence-corrected chi connectivity index (χ4v) is 4.13. The average molecular weight is 450 g/mol. The van der Waals surface area contributed by atoms with Crippen molar-refractivity contribution in [1.82, 2.24) is 10.3 Å². The third kappa shape index (κ3) is 3.99. The number of para-hydroxylation sites is 2. The van der Waals surface area contributed by atoms with Gasteiger partial charge in [0.05, 0.1) is 17.9 Å². The number of carbonyl (C=O) groups excluding carboxylic acids is 3. The van der Waals surface area contributed by atoms with Crippen LogP contribution in [0.25, 0.3) is 10.9 Å². The first-order valence-corrected chi connectivity index (χ1v) is 10.9. The Kier molecular flexibility index (Phi) is 5.51. The van der Waals surface area contributed by atoms with Crippen molar-refractivity contribution in [3.8, 4) is 0 Å². The Bertz CT molecular complexity index is 1410. The lowest BCUT2D eigenvalue weighted by Crippen LogP contribution is -2.48. The van der Waals surface area contributed by atoms with Crippen LogP contribution in [0.5, 0.6) is 0 Å². The molecule has 0 aliphatic carbocycles. The Balaban J connectivity index is 1.59. The largest absolute Gasteiger partial charge is 0.351 e. The van der Waals surface area contributed by atoms with E-state index in [1.807, 2.05) is 72.8 Å². The third-order valence-electron chi connectivity index (χ3n) is 5.68. The number of Topliss-reactive ketones (excluding diaryl/α,β-unsaturated/α-hetero) is 1. The number of nitrogens with zero attached hydrogens (tertiary/aromatic N) is 2. The number of ketones is 1. The van der Waals surface area contributed by atoms with Crippen LogP contribution in [0.3, 0.4) is 0 Å². The summed E-state index contributed by atoms with van der Waals surface area (Å²) in [6.07, 6.45) is -1.21. The van der Waals surface area contributed by atoms with Crippen LogP contribution < -0.4 is 10.2 Å². The predicted octanol–water partition coefficient (Wildman–Crippen LogP) is 3.70. The van der Waals surface area contributed by atoms with Gasteiger partial charge in [0.25, 0.3) is 11.8 Å². The van der Waals surface area contributed by atoms with Crippen LogP contribution in [0.15, 0.2) is 89.9 Å². The minimum atomic E-state index is -1.21. The molecule has 0 spiro atoms. The van der Waals surface area contributed by atoms with Crippen LogP contribution in [0.2, 0.25) is 0 Å². The number of anilines is 1. The van der Waals surface area contributed by atoms with Crippen molar-refractivity contribution in [2.75, 3.05) is 11.4 Å². The van der Waals surface area contributed by atoms with Gasteiger partial charge in [-0.2, -0.15) is 0 Å². The molecule has 34 heavy (non-hydrogen) atoms. The molecule has 4 aromatic rings. The fourth-order valence-electron chi connectivity index (χ4n) is 4.13. The van der Waals surface area contributed by atoms with Crippen molar-refractivity contribution in [3.05, 3.63) is 102 Å². The van der Waals surface area contributed by atoms with Gasteiger partial charge in [-0.05, 0) is 25.1 Å². The van der Waals surface area contributed by atoms with Crippen LogP contribution in [0.4, 0.5) is 5.69 Å². The second-order valence-electron chi connectivity index (χ2n) is 8.13. The van der Waals surface area contributed by atoms with E-state index in [9.17, 15) is 14.4 Å². The molecule has 1 atom stereocenters. The minimum absolute atomic E-state index is 0.119. The summed E-state index contributed by atoms with van der Waals surface area (Å²) in [5, 5.41) is 3.65. The molecule has 2 amide bonds. The highest BCUT2D eigenvalue weighted by atomic mass is 16.2. The summed E-state index contributed by atoms with van der Waals surface area (Å²) in [5.41, 5.74) is 3.80. The number of nitrogens with one attached hydrogen (secondary N) is 2. The van der Waals surface area contributed by atoms with Crippen molar-refractivity contribution >= 4 is 39.9 Å². The summed E-state index contributed by atoms with van der Waals surface area (Å²) in [5.74, 6) is -1.11. The van der Waals surface area contributed by atoms with Crippen LogP contribution in [-0.2, 0) is 9.59 Å². The number of aromatic amines is 1. The number of hydrogen-bond donors (Lipinski definition) is 2. The van der Waals surface area contributed by atoms with Crippen LogP contribution >= 0.6 is 0 Å². The molecule has 3 aromatic carbocycles. The molecule has 5 rings (SSSR count). The van der Waals surface area contributed by atoms with Gasteiger partial charge in [0.15, 0.2) is 0 Å². The Labute approximate surface area is 196 Å². The third-order valence-corrected chi connectivity index (χ3v) is 5.68. The zero-order valence-corrected chi connectivity index (χ0v) is 18.5. The number of benzodiazepines with no additional fused rings is 1. The molecule has 0 fully saturated rings. The van der Waals surface area contributed by atoms with Gasteiger partial charge in [-0.3, -0.25) is 14.4 Å². The molecule has 7 nitrogen and oxygen atoms in total. The van der Waals surface area contributed by atoms with Crippen LogP contribution in [0, 0.1) is 0 Å². The van der Waals surface area contributed by atoms with Gasteiger partial charge in [0.2, 0.25) is 6.17 Å². The van der Waals surface area contributed by atoms with E-state index in [0.717, 1.165) is 16.5 Å². The summed E-state index contributed by atoms with van der Waals surface area (Å²) < 4.78 is 0. The number of aromatic nitrogens is 1. The summed E-state index contributed by atoms with van der Waals surface area (Å²) in [7, 11) is 0. The molecule has 1 aromatic heterocycles. The summed E-state index contributed by atoms with van der Waals surface area (Å²) >= 11 is 0. The number of benzene rings is 3. The summed E-state index contributed by atoms with van der Waals surface area (Å²) in [6, 6.07) is 26.1. The van der Waals surface area contributed by atoms with Crippen molar-refractivity contribution in [1.29, 1.82) is 0 Å². The zero-order chi connectivity index (χ0) is 23.7. The van der Waals surface area contributed by atoms with Crippen molar-refractivity contribution in [2.45, 2.75) is 13.1 Å². The lowest BCUT2D eigenvalue weighted by molar-refractivity contribution is -0.123. The van der Waals surface area contributed by atoms with E-state index in [0.29, 0.717) is 22.7 Å². The van der Waals surface area contributed by atoms with Crippen molar-refractivity contribution in [3.63, 3.8) is 0 Å². The first-order valence-electron chi connectivity index (χ1n) is 10.9. The van der Waals surface area contributed by atoms with Crippen LogP contribution in [0.1, 0.15) is 28.5 Å². The number of rotatable bonds is 5. The molecule has 0 radical (unpaired) electrons. The molecule has 7 heteroatoms. The predicted molar refractivity (Wildman–Crippen MR) is 131 cm³/mol. The van der Waals surface area contributed by atoms with Crippen LogP contribution in [-0.4, -0.2) is 41.0 Å². The maximum atomic E-state index is 13.6. The number of amides is 2. The van der Waals surface area contributed by atoms with E-state index >= 15 is 0 Å². The number of hydrogen-bond acceptors (Lipinski definition) is 4. The first kappa shape index (κ1) is 21.3. The second-order valence-corrected chi connectivity index (χ2v) is 8.13. The van der Waals surface area contributed by atoms with Gasteiger partial charge in [-0.25, -0.2) is 4.99 Å². The van der Waals surface area contributed by atoms with E-state index in [1.54, 1.807) is 12.1 Å². The maximum absolute atomic E-state index is 13.6. The second kappa shape index (κ2) is 8.78. The lowest BCUT2D eigenvalue weighted by atomic mass is 10.0. The fraction of sp³-hybridized carbons (Fsp3) is 0.111. The van der Waals surface area contributed by atoms with Gasteiger partial charge in [-0.1, -0.05) is 66.7 Å². The van der Waals surface area contributed by atoms with E-state index in [4.69, 9.17) is 4.99 Å². The molecule has 0 bridgehead atoms. The SMILES string of the molecule is CC(=O)CN1C(=O)C(NC(=O)c2cc3ccccc3[nH]2)N=C(c2ccccc2)c2ccccc21. The first-order chi connectivity index (χ1) is 16.5. The highest BCUT2D eigenvalue weighted by Crippen LogP contribution is 2.28. The topological polar surface area (TPSA) is 94.6 Å². The van der Waals surface area contributed by atoms with E-state index in [-0.39, 0.29) is 12.3 Å². The molecular formula is C27H22N4O3. The van der Waals surface area contributed by atoms with Crippen molar-refractivity contribution < 1.29 is 14.4 Å². The zero-order valence-electron chi connectivity index (χ0n) is 18.5. The van der Waals surface area contributed by atoms with Gasteiger partial charge in [-0.15, -0.1) is 0 Å². The Morgan fingerprint density at radius 1 is 0.971 bits per heavy atom. The molecule has 0 saturated heterocycles. The molecule has 2 heterocycles. The number of H-pyrrole nitrogens is 1. The smallest absolute Gasteiger partial charge is 0.272 e. The molecular weight excluding hydrogens is 428 g/mol. The molecule has 1 aliphatic rings. The van der Waals surface area contributed by atoms with E-state index in [2.05, 4.69) is 10.3 Å². The quantitative estimate of drug-likeness (QED) is 0.485. The summed E-state index contributed by atoms with van der Waals surface area (Å²) in [4.78, 5) is 48.0. The number of aliphatic imine (C=N–C) groups is 1. The monoisotopic (exact) mass is 450 g/mol. The highest BCUT2D eigenvalue weighted by molar-refractivity contribution is 6.21. The molecule has 0 saturated carbocycles. The Morgan fingerprint density at radius 2 is 1.68 bits per heavy atom. The molecule has 1 unspecified atom stereocenters. The Morgan fingerprint density at radius 3 is 2.44 bits per heavy atom. The van der Waals surface area contributed by atoms with E-state index in [1.165, 1.54) is 11.8 Å². The normalized spacial score (nSPS) is 15.4.